The van der Waals surface area contributed by atoms with Crippen molar-refractivity contribution in [1.82, 2.24) is 4.57 Å². The van der Waals surface area contributed by atoms with Crippen LogP contribution in [0.1, 0.15) is 10.5 Å². The zero-order chi connectivity index (χ0) is 16.6. The fourth-order valence-corrected chi connectivity index (χ4v) is 2.91. The highest BCUT2D eigenvalue weighted by molar-refractivity contribution is 6.31. The summed E-state index contributed by atoms with van der Waals surface area (Å²) in [5.74, 6) is -0.754. The van der Waals surface area contributed by atoms with E-state index in [1.54, 1.807) is 17.7 Å². The van der Waals surface area contributed by atoms with Crippen LogP contribution in [-0.2, 0) is 7.05 Å². The lowest BCUT2D eigenvalue weighted by atomic mass is 10.0. The van der Waals surface area contributed by atoms with Crippen molar-refractivity contribution in [2.75, 3.05) is 0 Å². The molecule has 1 heterocycles. The van der Waals surface area contributed by atoms with Crippen LogP contribution in [0, 0.1) is 0 Å². The van der Waals surface area contributed by atoms with E-state index >= 15 is 0 Å². The molecular weight excluding hydrogens is 312 g/mol. The highest BCUT2D eigenvalue weighted by Crippen LogP contribution is 2.36. The zero-order valence-corrected chi connectivity index (χ0v) is 13.2. The summed E-state index contributed by atoms with van der Waals surface area (Å²) < 4.78 is 1.78. The van der Waals surface area contributed by atoms with Crippen LogP contribution in [-0.4, -0.2) is 16.4 Å². The second kappa shape index (κ2) is 5.78. The number of hydrogen-bond acceptors (Lipinski definition) is 1. The van der Waals surface area contributed by atoms with Gasteiger partial charge in [-0.2, -0.15) is 4.99 Å². The molecule has 1 amide bonds. The summed E-state index contributed by atoms with van der Waals surface area (Å²) in [7, 11) is 1.80. The van der Waals surface area contributed by atoms with Crippen LogP contribution in [0.15, 0.2) is 53.5 Å². The fourth-order valence-electron chi connectivity index (χ4n) is 2.73. The molecule has 3 rings (SSSR count). The predicted molar refractivity (Wildman–Crippen MR) is 93.5 cm³/mol. The van der Waals surface area contributed by atoms with E-state index in [2.05, 4.69) is 4.99 Å². The normalized spacial score (nSPS) is 10.7. The van der Waals surface area contributed by atoms with Gasteiger partial charge in [-0.25, -0.2) is 0 Å². The Kier molecular flexibility index (Phi) is 3.80. The summed E-state index contributed by atoms with van der Waals surface area (Å²) in [4.78, 5) is 16.2. The Balaban J connectivity index is 2.40. The number of hydrogen-bond donors (Lipinski definition) is 2. The third-order valence-corrected chi connectivity index (χ3v) is 3.89. The van der Waals surface area contributed by atoms with Crippen LogP contribution in [0.25, 0.3) is 22.0 Å². The van der Waals surface area contributed by atoms with Crippen LogP contribution in [0.2, 0.25) is 5.02 Å². The number of carbonyl (C=O) groups is 1. The van der Waals surface area contributed by atoms with Crippen molar-refractivity contribution < 1.29 is 4.79 Å². The number of guanidine groups is 1. The number of aromatic nitrogens is 1. The van der Waals surface area contributed by atoms with E-state index in [9.17, 15) is 4.79 Å². The van der Waals surface area contributed by atoms with Gasteiger partial charge in [0.15, 0.2) is 5.96 Å². The topological polar surface area (TPSA) is 86.4 Å². The fraction of sp³-hybridized carbons (Fsp3) is 0.0588. The van der Waals surface area contributed by atoms with Gasteiger partial charge in [-0.05, 0) is 23.8 Å². The predicted octanol–water partition coefficient (Wildman–Crippen LogP) is 2.91. The first-order chi connectivity index (χ1) is 11.0. The van der Waals surface area contributed by atoms with Crippen molar-refractivity contribution in [2.24, 2.45) is 23.5 Å². The molecule has 0 saturated heterocycles. The summed E-state index contributed by atoms with van der Waals surface area (Å²) in [6.07, 6.45) is 0. The SMILES string of the molecule is Cn1c(C(=O)N=C(N)N)c(-c2ccccc2)c2cc(Cl)ccc21. The lowest BCUT2D eigenvalue weighted by Crippen LogP contribution is -2.24. The summed E-state index contributed by atoms with van der Waals surface area (Å²) in [6.45, 7) is 0. The molecule has 0 unspecified atom stereocenters. The highest BCUT2D eigenvalue weighted by Gasteiger charge is 2.22. The molecule has 23 heavy (non-hydrogen) atoms. The Morgan fingerprint density at radius 1 is 1.13 bits per heavy atom. The average molecular weight is 327 g/mol. The first kappa shape index (κ1) is 15.1. The molecule has 0 aliphatic rings. The maximum absolute atomic E-state index is 12.5. The smallest absolute Gasteiger partial charge is 0.297 e. The highest BCUT2D eigenvalue weighted by atomic mass is 35.5. The molecule has 0 saturated carbocycles. The molecule has 1 aromatic heterocycles. The third-order valence-electron chi connectivity index (χ3n) is 3.66. The molecule has 4 N–H and O–H groups in total. The van der Waals surface area contributed by atoms with Crippen LogP contribution in [0.3, 0.4) is 0 Å². The lowest BCUT2D eigenvalue weighted by molar-refractivity contribution is 0.0996. The van der Waals surface area contributed by atoms with Crippen molar-refractivity contribution in [2.45, 2.75) is 0 Å². The van der Waals surface area contributed by atoms with E-state index < -0.39 is 5.91 Å². The molecule has 0 bridgehead atoms. The molecule has 3 aromatic rings. The third kappa shape index (κ3) is 2.66. The number of nitrogens with two attached hydrogens (primary N) is 2. The molecule has 0 aliphatic heterocycles. The van der Waals surface area contributed by atoms with E-state index in [4.69, 9.17) is 23.1 Å². The van der Waals surface area contributed by atoms with Crippen molar-refractivity contribution in [3.05, 3.63) is 59.2 Å². The monoisotopic (exact) mass is 326 g/mol. The summed E-state index contributed by atoms with van der Waals surface area (Å²) >= 11 is 6.14. The largest absolute Gasteiger partial charge is 0.370 e. The van der Waals surface area contributed by atoms with Gasteiger partial charge in [0.25, 0.3) is 5.91 Å². The minimum absolute atomic E-state index is 0.266. The first-order valence-corrected chi connectivity index (χ1v) is 7.34. The molecule has 0 radical (unpaired) electrons. The molecule has 6 heteroatoms. The van der Waals surface area contributed by atoms with Crippen molar-refractivity contribution in [1.29, 1.82) is 0 Å². The number of aliphatic imine (C=N–C) groups is 1. The number of fused-ring (bicyclic) bond motifs is 1. The Morgan fingerprint density at radius 2 is 1.83 bits per heavy atom. The van der Waals surface area contributed by atoms with Crippen molar-refractivity contribution in [3.63, 3.8) is 0 Å². The molecule has 116 valence electrons. The quantitative estimate of drug-likeness (QED) is 0.560. The van der Waals surface area contributed by atoms with Gasteiger partial charge in [-0.1, -0.05) is 41.9 Å². The van der Waals surface area contributed by atoms with E-state index in [-0.39, 0.29) is 5.96 Å². The van der Waals surface area contributed by atoms with Gasteiger partial charge in [-0.3, -0.25) is 4.79 Å². The van der Waals surface area contributed by atoms with Gasteiger partial charge in [-0.15, -0.1) is 0 Å². The van der Waals surface area contributed by atoms with Crippen LogP contribution in [0.4, 0.5) is 0 Å². The second-order valence-corrected chi connectivity index (χ2v) is 5.59. The maximum Gasteiger partial charge on any atom is 0.297 e. The summed E-state index contributed by atoms with van der Waals surface area (Å²) in [6, 6.07) is 15.1. The Hall–Kier alpha value is -2.79. The maximum atomic E-state index is 12.5. The number of amides is 1. The molecule has 0 atom stereocenters. The van der Waals surface area contributed by atoms with Gasteiger partial charge in [0, 0.05) is 28.5 Å². The minimum atomic E-state index is -0.487. The standard InChI is InChI=1S/C17H15ClN4O/c1-22-13-8-7-11(18)9-12(13)14(10-5-3-2-4-6-10)15(22)16(23)21-17(19)20/h2-9H,1H3,(H4,19,20,21,23). The number of nitrogens with zero attached hydrogens (tertiary/aromatic N) is 2. The van der Waals surface area contributed by atoms with Crippen LogP contribution in [0.5, 0.6) is 0 Å². The zero-order valence-electron chi connectivity index (χ0n) is 12.5. The van der Waals surface area contributed by atoms with E-state index in [0.29, 0.717) is 10.7 Å². The van der Waals surface area contributed by atoms with Crippen LogP contribution < -0.4 is 11.5 Å². The van der Waals surface area contributed by atoms with E-state index in [1.165, 1.54) is 0 Å². The van der Waals surface area contributed by atoms with Gasteiger partial charge >= 0.3 is 0 Å². The number of rotatable bonds is 2. The summed E-state index contributed by atoms with van der Waals surface area (Å²) in [5, 5.41) is 1.47. The number of halogens is 1. The summed E-state index contributed by atoms with van der Waals surface area (Å²) in [5.41, 5.74) is 13.7. The minimum Gasteiger partial charge on any atom is -0.370 e. The number of aryl methyl sites for hydroxylation is 1. The van der Waals surface area contributed by atoms with E-state index in [0.717, 1.165) is 22.0 Å². The van der Waals surface area contributed by atoms with Crippen molar-refractivity contribution >= 4 is 34.4 Å². The van der Waals surface area contributed by atoms with Gasteiger partial charge in [0.2, 0.25) is 0 Å². The molecular formula is C17H15ClN4O. The molecule has 2 aromatic carbocycles. The molecule has 0 spiro atoms. The lowest BCUT2D eigenvalue weighted by Gasteiger charge is -2.05. The molecule has 0 aliphatic carbocycles. The van der Waals surface area contributed by atoms with Gasteiger partial charge in [0.1, 0.15) is 5.69 Å². The first-order valence-electron chi connectivity index (χ1n) is 6.96. The molecule has 5 nitrogen and oxygen atoms in total. The average Bonchev–Trinajstić information content (AvgIpc) is 2.80. The number of benzene rings is 2. The molecule has 0 fully saturated rings. The number of carbonyl (C=O) groups excluding carboxylic acids is 1. The van der Waals surface area contributed by atoms with Crippen molar-refractivity contribution in [3.8, 4) is 11.1 Å². The van der Waals surface area contributed by atoms with Gasteiger partial charge < -0.3 is 16.0 Å². The van der Waals surface area contributed by atoms with Gasteiger partial charge in [0.05, 0.1) is 0 Å². The Bertz CT molecular complexity index is 925. The van der Waals surface area contributed by atoms with E-state index in [1.807, 2.05) is 42.5 Å². The Morgan fingerprint density at radius 3 is 2.48 bits per heavy atom. The Labute approximate surface area is 138 Å². The second-order valence-electron chi connectivity index (χ2n) is 5.15. The van der Waals surface area contributed by atoms with Crippen LogP contribution >= 0.6 is 11.6 Å².